The molecule has 1 atom stereocenters. The third-order valence-electron chi connectivity index (χ3n) is 4.17. The summed E-state index contributed by atoms with van der Waals surface area (Å²) in [7, 11) is 0. The van der Waals surface area contributed by atoms with Crippen LogP contribution in [-0.4, -0.2) is 41.0 Å². The Labute approximate surface area is 162 Å². The van der Waals surface area contributed by atoms with Gasteiger partial charge in [-0.15, -0.1) is 11.8 Å². The summed E-state index contributed by atoms with van der Waals surface area (Å²) in [5, 5.41) is 12.0. The molecule has 1 saturated heterocycles. The minimum atomic E-state index is -0.513. The van der Waals surface area contributed by atoms with E-state index in [1.54, 1.807) is 24.3 Å². The van der Waals surface area contributed by atoms with Gasteiger partial charge in [-0.2, -0.15) is 5.26 Å². The van der Waals surface area contributed by atoms with Gasteiger partial charge >= 0.3 is 0 Å². The van der Waals surface area contributed by atoms with Gasteiger partial charge in [-0.3, -0.25) is 9.59 Å². The third-order valence-corrected chi connectivity index (χ3v) is 5.19. The van der Waals surface area contributed by atoms with Crippen molar-refractivity contribution in [3.63, 3.8) is 0 Å². The fourth-order valence-corrected chi connectivity index (χ4v) is 3.90. The van der Waals surface area contributed by atoms with E-state index in [4.69, 9.17) is 10.00 Å². The minimum Gasteiger partial charge on any atom is -0.482 e. The van der Waals surface area contributed by atoms with Crippen LogP contribution < -0.4 is 10.1 Å². The van der Waals surface area contributed by atoms with Crippen molar-refractivity contribution in [2.45, 2.75) is 12.6 Å². The van der Waals surface area contributed by atoms with Gasteiger partial charge in [-0.1, -0.05) is 42.5 Å². The number of hydrogen-bond acceptors (Lipinski definition) is 5. The molecule has 1 aliphatic rings. The van der Waals surface area contributed by atoms with Gasteiger partial charge in [-0.25, -0.2) is 0 Å². The van der Waals surface area contributed by atoms with Gasteiger partial charge in [0.05, 0.1) is 11.4 Å². The molecule has 6 nitrogen and oxygen atoms in total. The second-order valence-electron chi connectivity index (χ2n) is 5.98. The number of amides is 2. The van der Waals surface area contributed by atoms with Crippen LogP contribution in [0.2, 0.25) is 0 Å². The molecule has 2 aromatic rings. The van der Waals surface area contributed by atoms with Crippen molar-refractivity contribution in [3.8, 4) is 11.8 Å². The molecule has 0 aliphatic carbocycles. The van der Waals surface area contributed by atoms with Crippen molar-refractivity contribution in [3.05, 3.63) is 65.7 Å². The number of rotatable bonds is 6. The van der Waals surface area contributed by atoms with E-state index >= 15 is 0 Å². The summed E-state index contributed by atoms with van der Waals surface area (Å²) in [6.45, 7) is 0.219. The average Bonchev–Trinajstić information content (AvgIpc) is 3.21. The van der Waals surface area contributed by atoms with E-state index in [-0.39, 0.29) is 18.4 Å². The summed E-state index contributed by atoms with van der Waals surface area (Å²) in [4.78, 5) is 26.6. The molecule has 138 valence electrons. The summed E-state index contributed by atoms with van der Waals surface area (Å²) in [5.74, 6) is 0.930. The van der Waals surface area contributed by atoms with Crippen molar-refractivity contribution >= 4 is 23.6 Å². The number of thioether (sulfide) groups is 1. The topological polar surface area (TPSA) is 82.4 Å². The zero-order valence-electron chi connectivity index (χ0n) is 14.6. The molecule has 3 rings (SSSR count). The van der Waals surface area contributed by atoms with E-state index in [1.165, 1.54) is 16.7 Å². The molecule has 1 N–H and O–H groups in total. The number of para-hydroxylation sites is 1. The highest BCUT2D eigenvalue weighted by atomic mass is 32.2. The van der Waals surface area contributed by atoms with Crippen LogP contribution in [0.15, 0.2) is 54.6 Å². The Morgan fingerprint density at radius 2 is 1.93 bits per heavy atom. The van der Waals surface area contributed by atoms with E-state index in [2.05, 4.69) is 5.32 Å². The number of nitrogens with zero attached hydrogens (tertiary/aromatic N) is 2. The smallest absolute Gasteiger partial charge is 0.261 e. The predicted molar refractivity (Wildman–Crippen MR) is 103 cm³/mol. The van der Waals surface area contributed by atoms with Gasteiger partial charge in [0, 0.05) is 12.3 Å². The van der Waals surface area contributed by atoms with E-state index in [1.807, 2.05) is 36.4 Å². The zero-order valence-corrected chi connectivity index (χ0v) is 15.4. The number of ether oxygens (including phenoxy) is 1. The Balaban J connectivity index is 1.56. The number of benzene rings is 2. The zero-order chi connectivity index (χ0) is 19.1. The maximum absolute atomic E-state index is 12.5. The van der Waals surface area contributed by atoms with Crippen LogP contribution in [0.25, 0.3) is 0 Å². The van der Waals surface area contributed by atoms with Gasteiger partial charge in [0.15, 0.2) is 6.61 Å². The Bertz CT molecular complexity index is 851. The van der Waals surface area contributed by atoms with E-state index < -0.39 is 6.04 Å². The van der Waals surface area contributed by atoms with Crippen LogP contribution in [0, 0.1) is 11.3 Å². The van der Waals surface area contributed by atoms with Crippen molar-refractivity contribution < 1.29 is 14.3 Å². The van der Waals surface area contributed by atoms with Crippen LogP contribution in [0.3, 0.4) is 0 Å². The average molecular weight is 381 g/mol. The Morgan fingerprint density at radius 3 is 2.70 bits per heavy atom. The second-order valence-corrected chi connectivity index (χ2v) is 6.98. The Morgan fingerprint density at radius 1 is 1.19 bits per heavy atom. The summed E-state index contributed by atoms with van der Waals surface area (Å²) < 4.78 is 5.50. The highest BCUT2D eigenvalue weighted by molar-refractivity contribution is 7.99. The molecule has 27 heavy (non-hydrogen) atoms. The number of nitrogens with one attached hydrogen (secondary N) is 1. The molecule has 1 heterocycles. The maximum Gasteiger partial charge on any atom is 0.261 e. The van der Waals surface area contributed by atoms with E-state index in [0.717, 1.165) is 5.56 Å². The van der Waals surface area contributed by atoms with Crippen molar-refractivity contribution in [2.75, 3.05) is 18.2 Å². The lowest BCUT2D eigenvalue weighted by molar-refractivity contribution is -0.139. The second kappa shape index (κ2) is 9.10. The van der Waals surface area contributed by atoms with Crippen LogP contribution in [0.1, 0.15) is 11.1 Å². The van der Waals surface area contributed by atoms with Crippen molar-refractivity contribution in [1.29, 1.82) is 5.26 Å². The predicted octanol–water partition coefficient (Wildman–Crippen LogP) is 2.15. The third kappa shape index (κ3) is 4.80. The van der Waals surface area contributed by atoms with E-state index in [9.17, 15) is 9.59 Å². The molecule has 0 aromatic heterocycles. The summed E-state index contributed by atoms with van der Waals surface area (Å²) in [6.07, 6.45) is 0. The molecule has 2 amide bonds. The molecule has 1 aliphatic heterocycles. The molecule has 0 saturated carbocycles. The number of carbonyl (C=O) groups is 2. The Hall–Kier alpha value is -2.98. The monoisotopic (exact) mass is 381 g/mol. The van der Waals surface area contributed by atoms with Gasteiger partial charge in [0.25, 0.3) is 5.91 Å². The quantitative estimate of drug-likeness (QED) is 0.829. The van der Waals surface area contributed by atoms with Crippen LogP contribution in [0.4, 0.5) is 0 Å². The van der Waals surface area contributed by atoms with Gasteiger partial charge in [-0.05, 0) is 17.7 Å². The lowest BCUT2D eigenvalue weighted by atomic mass is 10.2. The molecule has 0 bridgehead atoms. The number of hydrogen-bond donors (Lipinski definition) is 1. The fourth-order valence-electron chi connectivity index (χ4n) is 2.72. The SMILES string of the molecule is N#Cc1ccccc1OCC(=O)N1CSCC1C(=O)NCc1ccccc1. The lowest BCUT2D eigenvalue weighted by Gasteiger charge is -2.23. The summed E-state index contributed by atoms with van der Waals surface area (Å²) >= 11 is 1.53. The highest BCUT2D eigenvalue weighted by Gasteiger charge is 2.34. The molecule has 7 heteroatoms. The molecular formula is C20H19N3O3S. The fraction of sp³-hybridized carbons (Fsp3) is 0.250. The number of carbonyl (C=O) groups excluding carboxylic acids is 2. The first-order valence-corrected chi connectivity index (χ1v) is 9.65. The van der Waals surface area contributed by atoms with Crippen LogP contribution in [0.5, 0.6) is 5.75 Å². The molecule has 2 aromatic carbocycles. The van der Waals surface area contributed by atoms with E-state index in [0.29, 0.717) is 29.5 Å². The van der Waals surface area contributed by atoms with Gasteiger partial charge in [0.2, 0.25) is 5.91 Å². The van der Waals surface area contributed by atoms with Gasteiger partial charge < -0.3 is 15.0 Å². The molecular weight excluding hydrogens is 362 g/mol. The lowest BCUT2D eigenvalue weighted by Crippen LogP contribution is -2.48. The maximum atomic E-state index is 12.5. The summed E-state index contributed by atoms with van der Waals surface area (Å²) in [5.41, 5.74) is 1.38. The molecule has 1 unspecified atom stereocenters. The van der Waals surface area contributed by atoms with Crippen molar-refractivity contribution in [2.24, 2.45) is 0 Å². The molecule has 0 spiro atoms. The first-order valence-electron chi connectivity index (χ1n) is 8.50. The Kier molecular flexibility index (Phi) is 6.34. The number of nitriles is 1. The molecule has 1 fully saturated rings. The molecule has 0 radical (unpaired) electrons. The summed E-state index contributed by atoms with van der Waals surface area (Å²) in [6, 6.07) is 17.9. The highest BCUT2D eigenvalue weighted by Crippen LogP contribution is 2.22. The standard InChI is InChI=1S/C20H19N3O3S/c21-10-16-8-4-5-9-18(16)26-12-19(24)23-14-27-13-17(23)20(25)22-11-15-6-2-1-3-7-15/h1-9,17H,11-14H2,(H,22,25). The van der Waals surface area contributed by atoms with Gasteiger partial charge in [0.1, 0.15) is 17.9 Å². The van der Waals surface area contributed by atoms with Crippen LogP contribution in [-0.2, 0) is 16.1 Å². The minimum absolute atomic E-state index is 0.172. The first kappa shape index (κ1) is 18.8. The van der Waals surface area contributed by atoms with Crippen molar-refractivity contribution in [1.82, 2.24) is 10.2 Å². The van der Waals surface area contributed by atoms with Crippen LogP contribution >= 0.6 is 11.8 Å². The normalized spacial score (nSPS) is 15.8. The largest absolute Gasteiger partial charge is 0.482 e. The first-order chi connectivity index (χ1) is 13.2.